The lowest BCUT2D eigenvalue weighted by Gasteiger charge is -2.31. The van der Waals surface area contributed by atoms with E-state index < -0.39 is 5.41 Å². The number of rotatable bonds is 2. The van der Waals surface area contributed by atoms with Crippen LogP contribution in [0.3, 0.4) is 0 Å². The zero-order valence-corrected chi connectivity index (χ0v) is 30.5. The van der Waals surface area contributed by atoms with Crippen LogP contribution in [0.1, 0.15) is 22.3 Å². The lowest BCUT2D eigenvalue weighted by molar-refractivity contribution is 0.665. The quantitative estimate of drug-likeness (QED) is 0.178. The predicted molar refractivity (Wildman–Crippen MR) is 231 cm³/mol. The van der Waals surface area contributed by atoms with Gasteiger partial charge in [0, 0.05) is 39.7 Å². The number of hydrogen-bond donors (Lipinski definition) is 0. The molecular weight excluding hydrogens is 697 g/mol. The molecule has 0 saturated carbocycles. The van der Waals surface area contributed by atoms with E-state index in [0.29, 0.717) is 0 Å². The molecule has 0 amide bonds. The molecule has 0 unspecified atom stereocenters. The normalized spacial score (nSPS) is 13.8. The number of fused-ring (bicyclic) bond motifs is 20. The average molecular weight is 727 g/mol. The number of para-hydroxylation sites is 4. The van der Waals surface area contributed by atoms with Crippen molar-refractivity contribution < 1.29 is 8.83 Å². The molecule has 0 radical (unpaired) electrons. The highest BCUT2D eigenvalue weighted by Gasteiger charge is 2.54. The minimum absolute atomic E-state index is 0.660. The first-order valence-electron chi connectivity index (χ1n) is 19.6. The van der Waals surface area contributed by atoms with Gasteiger partial charge in [-0.2, -0.15) is 0 Å². The van der Waals surface area contributed by atoms with Gasteiger partial charge >= 0.3 is 0 Å². The highest BCUT2D eigenvalue weighted by atomic mass is 16.3. The highest BCUT2D eigenvalue weighted by molar-refractivity contribution is 6.24. The largest absolute Gasteiger partial charge is 0.455 e. The fourth-order valence-corrected chi connectivity index (χ4v) is 10.8. The van der Waals surface area contributed by atoms with Crippen LogP contribution in [0.5, 0.6) is 0 Å². The summed E-state index contributed by atoms with van der Waals surface area (Å²) in [6.07, 6.45) is 4.41. The third-order valence-corrected chi connectivity index (χ3v) is 13.0. The van der Waals surface area contributed by atoms with Gasteiger partial charge in [-0.05, 0) is 92.7 Å². The molecule has 2 aliphatic rings. The van der Waals surface area contributed by atoms with Gasteiger partial charge in [0.2, 0.25) is 0 Å². The Morgan fingerprint density at radius 2 is 0.877 bits per heavy atom. The van der Waals surface area contributed by atoms with Crippen molar-refractivity contribution in [2.75, 3.05) is 0 Å². The summed E-state index contributed by atoms with van der Waals surface area (Å²) in [6.45, 7) is 0. The molecule has 0 bridgehead atoms. The lowest BCUT2D eigenvalue weighted by atomic mass is 9.70. The molecule has 0 fully saturated rings. The van der Waals surface area contributed by atoms with Crippen LogP contribution < -0.4 is 0 Å². The fourth-order valence-electron chi connectivity index (χ4n) is 10.8. The molecule has 8 aromatic carbocycles. The van der Waals surface area contributed by atoms with E-state index in [1.165, 1.54) is 49.7 Å². The van der Waals surface area contributed by atoms with E-state index in [1.807, 2.05) is 0 Å². The molecule has 0 saturated heterocycles. The first-order chi connectivity index (χ1) is 28.3. The minimum Gasteiger partial charge on any atom is -0.455 e. The van der Waals surface area contributed by atoms with Crippen molar-refractivity contribution >= 4 is 65.7 Å². The third-order valence-electron chi connectivity index (χ3n) is 13.0. The van der Waals surface area contributed by atoms with Gasteiger partial charge < -0.3 is 18.0 Å². The molecule has 14 rings (SSSR count). The van der Waals surface area contributed by atoms with Gasteiger partial charge in [-0.25, -0.2) is 0 Å². The predicted octanol–water partition coefficient (Wildman–Crippen LogP) is 13.7. The molecule has 4 heteroatoms. The van der Waals surface area contributed by atoms with Crippen LogP contribution >= 0.6 is 0 Å². The van der Waals surface area contributed by atoms with Crippen molar-refractivity contribution in [1.82, 2.24) is 9.13 Å². The second-order valence-electron chi connectivity index (χ2n) is 15.6. The Morgan fingerprint density at radius 1 is 0.386 bits per heavy atom. The molecule has 1 spiro atoms. The fraction of sp³-hybridized carbons (Fsp3) is 0.0189. The van der Waals surface area contributed by atoms with Gasteiger partial charge in [0.15, 0.2) is 5.58 Å². The van der Waals surface area contributed by atoms with Crippen molar-refractivity contribution in [1.29, 1.82) is 0 Å². The first-order valence-corrected chi connectivity index (χ1v) is 19.6. The van der Waals surface area contributed by atoms with Crippen molar-refractivity contribution in [2.45, 2.75) is 5.41 Å². The SMILES string of the molecule is c1ccc2c(c1)-c1ccccc1C21c2cc(-n3ccc4ccccc43)c3c(oc4ccccc43)c2-c2c1cc(-n1ccc3ccccc31)c1oc3ccccc3c21. The molecule has 4 nitrogen and oxygen atoms in total. The summed E-state index contributed by atoms with van der Waals surface area (Å²) in [5.74, 6) is 0. The monoisotopic (exact) mass is 726 g/mol. The Hall–Kier alpha value is -7.56. The van der Waals surface area contributed by atoms with Crippen LogP contribution in [0.25, 0.3) is 99.3 Å². The Balaban J connectivity index is 1.26. The summed E-state index contributed by atoms with van der Waals surface area (Å²) in [6, 6.07) is 61.7. The maximum absolute atomic E-state index is 7.23. The average Bonchev–Trinajstić information content (AvgIpc) is 4.12. The molecular formula is C53H30N2O2. The number of benzene rings is 8. The van der Waals surface area contributed by atoms with Crippen LogP contribution in [0.2, 0.25) is 0 Å². The zero-order chi connectivity index (χ0) is 37.0. The highest BCUT2D eigenvalue weighted by Crippen LogP contribution is 2.66. The number of nitrogens with zero attached hydrogens (tertiary/aromatic N) is 2. The number of hydrogen-bond acceptors (Lipinski definition) is 2. The second kappa shape index (κ2) is 10.4. The summed E-state index contributed by atoms with van der Waals surface area (Å²) in [5, 5.41) is 6.79. The summed E-state index contributed by atoms with van der Waals surface area (Å²) in [4.78, 5) is 0. The van der Waals surface area contributed by atoms with Crippen molar-refractivity contribution in [3.63, 3.8) is 0 Å². The van der Waals surface area contributed by atoms with Gasteiger partial charge in [0.25, 0.3) is 0 Å². The summed E-state index contributed by atoms with van der Waals surface area (Å²) >= 11 is 0. The minimum atomic E-state index is -0.660. The van der Waals surface area contributed by atoms with Crippen molar-refractivity contribution in [3.05, 3.63) is 205 Å². The summed E-state index contributed by atoms with van der Waals surface area (Å²) in [5.41, 5.74) is 17.1. The molecule has 4 aromatic heterocycles. The molecule has 12 aromatic rings. The Kier molecular flexibility index (Phi) is 5.42. The standard InChI is InChI=1S/C53H30N2O2/c1-9-21-41-31(13-1)25-27-54(41)43-29-40-50(52-47(43)35-17-5-11-23-45(35)57-52)49-39(53(40)37-19-7-3-15-33(37)34-16-4-8-20-38(34)53)30-44(55-28-26-32-14-2-10-22-42(32)55)51-48(49)36-18-6-12-24-46(36)56-51/h1-30H. The van der Waals surface area contributed by atoms with E-state index in [9.17, 15) is 0 Å². The van der Waals surface area contributed by atoms with E-state index in [1.54, 1.807) is 0 Å². The number of furan rings is 2. The molecule has 0 aliphatic heterocycles. The van der Waals surface area contributed by atoms with Crippen LogP contribution in [-0.4, -0.2) is 9.13 Å². The van der Waals surface area contributed by atoms with E-state index >= 15 is 0 Å². The molecule has 57 heavy (non-hydrogen) atoms. The van der Waals surface area contributed by atoms with E-state index in [2.05, 4.69) is 191 Å². The van der Waals surface area contributed by atoms with E-state index in [0.717, 1.165) is 71.8 Å². The summed E-state index contributed by atoms with van der Waals surface area (Å²) < 4.78 is 18.9. The molecule has 2 aliphatic carbocycles. The first kappa shape index (κ1) is 29.8. The molecule has 0 N–H and O–H groups in total. The Morgan fingerprint density at radius 3 is 1.54 bits per heavy atom. The van der Waals surface area contributed by atoms with Crippen LogP contribution in [-0.2, 0) is 5.41 Å². The topological polar surface area (TPSA) is 36.1 Å². The van der Waals surface area contributed by atoms with Gasteiger partial charge in [-0.15, -0.1) is 0 Å². The van der Waals surface area contributed by atoms with Crippen molar-refractivity contribution in [2.24, 2.45) is 0 Å². The maximum atomic E-state index is 7.23. The van der Waals surface area contributed by atoms with Gasteiger partial charge in [-0.1, -0.05) is 121 Å². The molecule has 4 heterocycles. The Bertz CT molecular complexity index is 3670. The number of aromatic nitrogens is 2. The van der Waals surface area contributed by atoms with E-state index in [-0.39, 0.29) is 0 Å². The zero-order valence-electron chi connectivity index (χ0n) is 30.5. The van der Waals surface area contributed by atoms with Crippen LogP contribution in [0.4, 0.5) is 0 Å². The Labute approximate surface area is 326 Å². The third kappa shape index (κ3) is 3.51. The smallest absolute Gasteiger partial charge is 0.160 e. The van der Waals surface area contributed by atoms with Crippen LogP contribution in [0.15, 0.2) is 191 Å². The summed E-state index contributed by atoms with van der Waals surface area (Å²) in [7, 11) is 0. The van der Waals surface area contributed by atoms with Crippen LogP contribution in [0, 0.1) is 0 Å². The van der Waals surface area contributed by atoms with Gasteiger partial charge in [-0.3, -0.25) is 0 Å². The van der Waals surface area contributed by atoms with Crippen molar-refractivity contribution in [3.8, 4) is 33.6 Å². The molecule has 264 valence electrons. The van der Waals surface area contributed by atoms with Gasteiger partial charge in [0.05, 0.1) is 33.2 Å². The van der Waals surface area contributed by atoms with E-state index in [4.69, 9.17) is 8.83 Å². The van der Waals surface area contributed by atoms with Gasteiger partial charge in [0.1, 0.15) is 16.7 Å². The molecule has 0 atom stereocenters. The second-order valence-corrected chi connectivity index (χ2v) is 15.6. The lowest BCUT2D eigenvalue weighted by Crippen LogP contribution is -2.26. The maximum Gasteiger partial charge on any atom is 0.160 e.